The number of H-pyrrole nitrogens is 1. The Morgan fingerprint density at radius 2 is 2.00 bits per heavy atom. The van der Waals surface area contributed by atoms with Crippen molar-refractivity contribution in [3.8, 4) is 5.75 Å². The van der Waals surface area contributed by atoms with Crippen LogP contribution in [0.25, 0.3) is 10.9 Å². The Morgan fingerprint density at radius 3 is 2.77 bits per heavy atom. The van der Waals surface area contributed by atoms with Crippen LogP contribution in [-0.4, -0.2) is 52.4 Å². The molecule has 2 atom stereocenters. The first-order chi connectivity index (χ1) is 12.6. The lowest BCUT2D eigenvalue weighted by atomic mass is 10.1. The number of aromatic amines is 1. The van der Waals surface area contributed by atoms with Crippen LogP contribution < -0.4 is 20.3 Å². The predicted octanol–water partition coefficient (Wildman–Crippen LogP) is 2.29. The van der Waals surface area contributed by atoms with Gasteiger partial charge in [-0.05, 0) is 32.0 Å². The van der Waals surface area contributed by atoms with Crippen LogP contribution in [0.4, 0.5) is 17.5 Å². The van der Waals surface area contributed by atoms with E-state index in [2.05, 4.69) is 44.6 Å². The van der Waals surface area contributed by atoms with Crippen molar-refractivity contribution in [2.75, 3.05) is 30.4 Å². The van der Waals surface area contributed by atoms with Crippen molar-refractivity contribution < 1.29 is 4.74 Å². The van der Waals surface area contributed by atoms with Gasteiger partial charge in [-0.15, -0.1) is 0 Å². The van der Waals surface area contributed by atoms with Gasteiger partial charge in [0.25, 0.3) is 0 Å². The SMILES string of the molecule is COc1cnc(N2CC(C)NC(C)C2)nc1Nc1ccc2[nH]ncc2c1. The highest BCUT2D eigenvalue weighted by Crippen LogP contribution is 2.28. The Labute approximate surface area is 152 Å². The molecule has 1 aliphatic heterocycles. The molecule has 4 rings (SSSR count). The number of hydrogen-bond acceptors (Lipinski definition) is 7. The van der Waals surface area contributed by atoms with Crippen molar-refractivity contribution >= 4 is 28.4 Å². The third-order valence-corrected chi connectivity index (χ3v) is 4.51. The smallest absolute Gasteiger partial charge is 0.227 e. The summed E-state index contributed by atoms with van der Waals surface area (Å²) in [7, 11) is 1.62. The van der Waals surface area contributed by atoms with Crippen molar-refractivity contribution in [1.29, 1.82) is 0 Å². The van der Waals surface area contributed by atoms with Crippen molar-refractivity contribution in [3.63, 3.8) is 0 Å². The first-order valence-electron chi connectivity index (χ1n) is 8.74. The van der Waals surface area contributed by atoms with Crippen molar-refractivity contribution in [1.82, 2.24) is 25.5 Å². The second-order valence-corrected chi connectivity index (χ2v) is 6.76. The molecule has 2 aromatic heterocycles. The van der Waals surface area contributed by atoms with Crippen LogP contribution in [0.5, 0.6) is 5.75 Å². The molecule has 0 radical (unpaired) electrons. The molecule has 8 nitrogen and oxygen atoms in total. The molecular formula is C18H23N7O. The molecule has 8 heteroatoms. The fourth-order valence-corrected chi connectivity index (χ4v) is 3.40. The molecular weight excluding hydrogens is 330 g/mol. The van der Waals surface area contributed by atoms with Gasteiger partial charge >= 0.3 is 0 Å². The monoisotopic (exact) mass is 353 g/mol. The Bertz CT molecular complexity index is 899. The van der Waals surface area contributed by atoms with E-state index in [1.165, 1.54) is 0 Å². The summed E-state index contributed by atoms with van der Waals surface area (Å²) in [6, 6.07) is 6.78. The van der Waals surface area contributed by atoms with Crippen molar-refractivity contribution in [3.05, 3.63) is 30.6 Å². The van der Waals surface area contributed by atoms with E-state index in [0.29, 0.717) is 29.6 Å². The lowest BCUT2D eigenvalue weighted by Crippen LogP contribution is -2.54. The summed E-state index contributed by atoms with van der Waals surface area (Å²) < 4.78 is 5.44. The number of benzene rings is 1. The van der Waals surface area contributed by atoms with E-state index in [4.69, 9.17) is 9.72 Å². The van der Waals surface area contributed by atoms with Crippen LogP contribution in [0, 0.1) is 0 Å². The summed E-state index contributed by atoms with van der Waals surface area (Å²) in [5.74, 6) is 1.97. The number of nitrogens with zero attached hydrogens (tertiary/aromatic N) is 4. The molecule has 0 amide bonds. The number of aromatic nitrogens is 4. The number of methoxy groups -OCH3 is 1. The van der Waals surface area contributed by atoms with Gasteiger partial charge in [-0.25, -0.2) is 4.98 Å². The minimum absolute atomic E-state index is 0.393. The van der Waals surface area contributed by atoms with Gasteiger partial charge in [-0.1, -0.05) is 0 Å². The molecule has 0 bridgehead atoms. The zero-order valence-corrected chi connectivity index (χ0v) is 15.2. The normalized spacial score (nSPS) is 20.3. The summed E-state index contributed by atoms with van der Waals surface area (Å²) in [4.78, 5) is 11.4. The third kappa shape index (κ3) is 3.28. The standard InChI is InChI=1S/C18H23N7O/c1-11-9-25(10-12(2)21-11)18-19-8-16(26-3)17(23-18)22-14-4-5-15-13(6-14)7-20-24-15/h4-8,11-12,21H,9-10H2,1-3H3,(H,20,24)(H,19,22,23). The van der Waals surface area contributed by atoms with Gasteiger partial charge in [0, 0.05) is 36.2 Å². The second-order valence-electron chi connectivity index (χ2n) is 6.76. The topological polar surface area (TPSA) is 91.0 Å². The number of rotatable bonds is 4. The van der Waals surface area contributed by atoms with Crippen LogP contribution >= 0.6 is 0 Å². The lowest BCUT2D eigenvalue weighted by molar-refractivity contribution is 0.400. The molecule has 2 unspecified atom stereocenters. The number of hydrogen-bond donors (Lipinski definition) is 3. The second kappa shape index (κ2) is 6.80. The summed E-state index contributed by atoms with van der Waals surface area (Å²) in [5, 5.41) is 14.9. The Morgan fingerprint density at radius 1 is 1.19 bits per heavy atom. The van der Waals surface area contributed by atoms with Gasteiger partial charge in [0.05, 0.1) is 25.0 Å². The number of fused-ring (bicyclic) bond motifs is 1. The zero-order chi connectivity index (χ0) is 18.1. The average Bonchev–Trinajstić information content (AvgIpc) is 3.08. The minimum atomic E-state index is 0.393. The Balaban J connectivity index is 1.63. The van der Waals surface area contributed by atoms with Crippen LogP contribution in [0.15, 0.2) is 30.6 Å². The first-order valence-corrected chi connectivity index (χ1v) is 8.74. The van der Waals surface area contributed by atoms with E-state index >= 15 is 0 Å². The van der Waals surface area contributed by atoms with E-state index in [-0.39, 0.29) is 0 Å². The molecule has 26 heavy (non-hydrogen) atoms. The van der Waals surface area contributed by atoms with E-state index in [0.717, 1.165) is 29.7 Å². The van der Waals surface area contributed by atoms with Gasteiger partial charge in [0.15, 0.2) is 11.6 Å². The zero-order valence-electron chi connectivity index (χ0n) is 15.2. The number of anilines is 3. The third-order valence-electron chi connectivity index (χ3n) is 4.51. The summed E-state index contributed by atoms with van der Waals surface area (Å²) in [6.45, 7) is 6.09. The Kier molecular flexibility index (Phi) is 4.34. The number of piperazine rings is 1. The molecule has 1 saturated heterocycles. The van der Waals surface area contributed by atoms with E-state index in [1.54, 1.807) is 19.5 Å². The van der Waals surface area contributed by atoms with E-state index in [9.17, 15) is 0 Å². The van der Waals surface area contributed by atoms with Gasteiger partial charge in [-0.2, -0.15) is 10.1 Å². The summed E-state index contributed by atoms with van der Waals surface area (Å²) in [6.07, 6.45) is 3.52. The molecule has 0 aliphatic carbocycles. The van der Waals surface area contributed by atoms with Gasteiger partial charge in [0.1, 0.15) is 0 Å². The van der Waals surface area contributed by atoms with Gasteiger partial charge < -0.3 is 20.3 Å². The average molecular weight is 353 g/mol. The molecule has 3 aromatic rings. The largest absolute Gasteiger partial charge is 0.491 e. The van der Waals surface area contributed by atoms with Crippen molar-refractivity contribution in [2.24, 2.45) is 0 Å². The molecule has 1 aliphatic rings. The fraction of sp³-hybridized carbons (Fsp3) is 0.389. The molecule has 1 aromatic carbocycles. The highest BCUT2D eigenvalue weighted by atomic mass is 16.5. The fourth-order valence-electron chi connectivity index (χ4n) is 3.40. The quantitative estimate of drug-likeness (QED) is 0.663. The first kappa shape index (κ1) is 16.6. The van der Waals surface area contributed by atoms with Crippen molar-refractivity contribution in [2.45, 2.75) is 25.9 Å². The van der Waals surface area contributed by atoms with Crippen LogP contribution in [0.2, 0.25) is 0 Å². The molecule has 136 valence electrons. The van der Waals surface area contributed by atoms with Gasteiger partial charge in [0.2, 0.25) is 5.95 Å². The molecule has 3 heterocycles. The van der Waals surface area contributed by atoms with E-state index < -0.39 is 0 Å². The lowest BCUT2D eigenvalue weighted by Gasteiger charge is -2.36. The summed E-state index contributed by atoms with van der Waals surface area (Å²) in [5.41, 5.74) is 1.92. The van der Waals surface area contributed by atoms with Crippen LogP contribution in [0.1, 0.15) is 13.8 Å². The maximum absolute atomic E-state index is 5.44. The van der Waals surface area contributed by atoms with Crippen LogP contribution in [-0.2, 0) is 0 Å². The summed E-state index contributed by atoms with van der Waals surface area (Å²) >= 11 is 0. The highest BCUT2D eigenvalue weighted by Gasteiger charge is 2.23. The number of ether oxygens (including phenoxy) is 1. The maximum atomic E-state index is 5.44. The predicted molar refractivity (Wildman–Crippen MR) is 102 cm³/mol. The Hall–Kier alpha value is -2.87. The molecule has 0 spiro atoms. The maximum Gasteiger partial charge on any atom is 0.227 e. The van der Waals surface area contributed by atoms with Crippen LogP contribution in [0.3, 0.4) is 0 Å². The minimum Gasteiger partial charge on any atom is -0.491 e. The van der Waals surface area contributed by atoms with Gasteiger partial charge in [-0.3, -0.25) is 5.10 Å². The molecule has 1 fully saturated rings. The highest BCUT2D eigenvalue weighted by molar-refractivity contribution is 5.83. The number of nitrogens with one attached hydrogen (secondary N) is 3. The van der Waals surface area contributed by atoms with E-state index in [1.807, 2.05) is 18.2 Å². The molecule has 3 N–H and O–H groups in total. The molecule has 0 saturated carbocycles.